The van der Waals surface area contributed by atoms with Gasteiger partial charge in [0.15, 0.2) is 5.78 Å². The van der Waals surface area contributed by atoms with E-state index in [0.717, 1.165) is 0 Å². The molecule has 3 nitrogen and oxygen atoms in total. The van der Waals surface area contributed by atoms with Gasteiger partial charge in [0, 0.05) is 25.5 Å². The van der Waals surface area contributed by atoms with Gasteiger partial charge in [-0.25, -0.2) is 0 Å². The van der Waals surface area contributed by atoms with E-state index in [-0.39, 0.29) is 12.0 Å². The summed E-state index contributed by atoms with van der Waals surface area (Å²) in [5.41, 5.74) is 0.202. The zero-order valence-electron chi connectivity index (χ0n) is 11.4. The van der Waals surface area contributed by atoms with Gasteiger partial charge in [0.1, 0.15) is 5.78 Å². The number of ether oxygens (including phenoxy) is 1. The van der Waals surface area contributed by atoms with Crippen LogP contribution in [0.5, 0.6) is 0 Å². The SMILES string of the molecule is COC1CC(=O)C[C@H](C(F)(F)F)[C@H]1C(=O)c1ccccc1. The lowest BCUT2D eigenvalue weighted by atomic mass is 9.72. The van der Waals surface area contributed by atoms with Crippen molar-refractivity contribution in [2.24, 2.45) is 11.8 Å². The molecular formula is C15H15F3O3. The largest absolute Gasteiger partial charge is 0.393 e. The van der Waals surface area contributed by atoms with Crippen molar-refractivity contribution in [3.8, 4) is 0 Å². The Morgan fingerprint density at radius 1 is 1.19 bits per heavy atom. The summed E-state index contributed by atoms with van der Waals surface area (Å²) >= 11 is 0. The molecule has 21 heavy (non-hydrogen) atoms. The maximum absolute atomic E-state index is 13.2. The number of benzene rings is 1. The minimum atomic E-state index is -4.61. The molecule has 1 fully saturated rings. The third kappa shape index (κ3) is 3.32. The highest BCUT2D eigenvalue weighted by Crippen LogP contribution is 2.42. The number of hydrogen-bond donors (Lipinski definition) is 0. The molecule has 1 aromatic carbocycles. The molecule has 0 radical (unpaired) electrons. The van der Waals surface area contributed by atoms with Crippen LogP contribution in [0.1, 0.15) is 23.2 Å². The molecule has 1 aromatic rings. The number of alkyl halides is 3. The second-order valence-electron chi connectivity index (χ2n) is 5.13. The Balaban J connectivity index is 2.39. The first-order valence-electron chi connectivity index (χ1n) is 6.55. The van der Waals surface area contributed by atoms with Gasteiger partial charge in [-0.15, -0.1) is 0 Å². The summed E-state index contributed by atoms with van der Waals surface area (Å²) in [6, 6.07) is 7.80. The summed E-state index contributed by atoms with van der Waals surface area (Å²) in [6.45, 7) is 0. The smallest absolute Gasteiger partial charge is 0.380 e. The first kappa shape index (κ1) is 15.7. The molecule has 0 saturated heterocycles. The van der Waals surface area contributed by atoms with E-state index in [1.54, 1.807) is 18.2 Å². The first-order chi connectivity index (χ1) is 9.84. The summed E-state index contributed by atoms with van der Waals surface area (Å²) in [4.78, 5) is 23.9. The Morgan fingerprint density at radius 2 is 1.81 bits per heavy atom. The Morgan fingerprint density at radius 3 is 2.33 bits per heavy atom. The molecule has 2 rings (SSSR count). The van der Waals surface area contributed by atoms with Crippen LogP contribution >= 0.6 is 0 Å². The molecule has 6 heteroatoms. The predicted molar refractivity (Wildman–Crippen MR) is 68.8 cm³/mol. The molecule has 0 aliphatic heterocycles. The summed E-state index contributed by atoms with van der Waals surface area (Å²) in [5, 5.41) is 0. The lowest BCUT2D eigenvalue weighted by Gasteiger charge is -2.36. The highest BCUT2D eigenvalue weighted by Gasteiger charge is 2.54. The van der Waals surface area contributed by atoms with Crippen molar-refractivity contribution in [2.45, 2.75) is 25.1 Å². The van der Waals surface area contributed by atoms with Gasteiger partial charge < -0.3 is 4.74 Å². The van der Waals surface area contributed by atoms with E-state index in [1.165, 1.54) is 19.2 Å². The average molecular weight is 300 g/mol. The zero-order valence-corrected chi connectivity index (χ0v) is 11.4. The van der Waals surface area contributed by atoms with Gasteiger partial charge in [-0.05, 0) is 0 Å². The highest BCUT2D eigenvalue weighted by molar-refractivity contribution is 5.99. The van der Waals surface area contributed by atoms with Crippen LogP contribution in [0, 0.1) is 11.8 Å². The van der Waals surface area contributed by atoms with Crippen LogP contribution in [-0.4, -0.2) is 31.0 Å². The summed E-state index contributed by atoms with van der Waals surface area (Å²) in [5.74, 6) is -4.52. The number of carbonyl (C=O) groups is 2. The standard InChI is InChI=1S/C15H15F3O3/c1-21-12-8-10(19)7-11(15(16,17)18)13(12)14(20)9-5-3-2-4-6-9/h2-6,11-13H,7-8H2,1H3/t11-,12?,13+/m0/s1. The number of rotatable bonds is 3. The third-order valence-electron chi connectivity index (χ3n) is 3.79. The van der Waals surface area contributed by atoms with Crippen molar-refractivity contribution >= 4 is 11.6 Å². The summed E-state index contributed by atoms with van der Waals surface area (Å²) < 4.78 is 44.6. The van der Waals surface area contributed by atoms with Gasteiger partial charge in [0.05, 0.1) is 17.9 Å². The van der Waals surface area contributed by atoms with Gasteiger partial charge in [0.2, 0.25) is 0 Å². The quantitative estimate of drug-likeness (QED) is 0.806. The van der Waals surface area contributed by atoms with Crippen molar-refractivity contribution in [2.75, 3.05) is 7.11 Å². The minimum absolute atomic E-state index is 0.160. The molecule has 0 aromatic heterocycles. The van der Waals surface area contributed by atoms with Gasteiger partial charge in [-0.3, -0.25) is 9.59 Å². The van der Waals surface area contributed by atoms with E-state index < -0.39 is 42.1 Å². The average Bonchev–Trinajstić information content (AvgIpc) is 2.45. The van der Waals surface area contributed by atoms with Gasteiger partial charge in [-0.1, -0.05) is 30.3 Å². The monoisotopic (exact) mass is 300 g/mol. The fourth-order valence-corrected chi connectivity index (χ4v) is 2.76. The summed E-state index contributed by atoms with van der Waals surface area (Å²) in [7, 11) is 1.22. The third-order valence-corrected chi connectivity index (χ3v) is 3.79. The number of halogens is 3. The minimum Gasteiger partial charge on any atom is -0.380 e. The van der Waals surface area contributed by atoms with E-state index in [9.17, 15) is 22.8 Å². The van der Waals surface area contributed by atoms with Crippen molar-refractivity contribution in [3.05, 3.63) is 35.9 Å². The molecule has 114 valence electrons. The lowest BCUT2D eigenvalue weighted by molar-refractivity contribution is -0.203. The van der Waals surface area contributed by atoms with E-state index in [2.05, 4.69) is 0 Å². The van der Waals surface area contributed by atoms with Gasteiger partial charge >= 0.3 is 6.18 Å². The van der Waals surface area contributed by atoms with Crippen LogP contribution in [0.4, 0.5) is 13.2 Å². The Kier molecular flexibility index (Phi) is 4.46. The van der Waals surface area contributed by atoms with Gasteiger partial charge in [-0.2, -0.15) is 13.2 Å². The van der Waals surface area contributed by atoms with Crippen LogP contribution in [0.25, 0.3) is 0 Å². The van der Waals surface area contributed by atoms with E-state index >= 15 is 0 Å². The van der Waals surface area contributed by atoms with E-state index in [0.29, 0.717) is 0 Å². The number of hydrogen-bond acceptors (Lipinski definition) is 3. The number of ketones is 2. The number of Topliss-reactive ketones (excluding diaryl/α,β-unsaturated/α-hetero) is 2. The molecule has 0 N–H and O–H groups in total. The van der Waals surface area contributed by atoms with Crippen molar-refractivity contribution in [1.82, 2.24) is 0 Å². The van der Waals surface area contributed by atoms with Crippen LogP contribution in [-0.2, 0) is 9.53 Å². The van der Waals surface area contributed by atoms with Crippen molar-refractivity contribution in [3.63, 3.8) is 0 Å². The van der Waals surface area contributed by atoms with Crippen LogP contribution in [0.3, 0.4) is 0 Å². The zero-order chi connectivity index (χ0) is 15.6. The molecule has 0 spiro atoms. The Labute approximate surface area is 120 Å². The van der Waals surface area contributed by atoms with Crippen LogP contribution in [0.2, 0.25) is 0 Å². The molecule has 0 heterocycles. The van der Waals surface area contributed by atoms with E-state index in [1.807, 2.05) is 0 Å². The van der Waals surface area contributed by atoms with Crippen molar-refractivity contribution in [1.29, 1.82) is 0 Å². The second kappa shape index (κ2) is 5.97. The van der Waals surface area contributed by atoms with Gasteiger partial charge in [0.25, 0.3) is 0 Å². The normalized spacial score (nSPS) is 26.7. The predicted octanol–water partition coefficient (Wildman–Crippen LogP) is 3.04. The molecular weight excluding hydrogens is 285 g/mol. The Bertz CT molecular complexity index is 525. The number of carbonyl (C=O) groups excluding carboxylic acids is 2. The fourth-order valence-electron chi connectivity index (χ4n) is 2.76. The van der Waals surface area contributed by atoms with Crippen LogP contribution in [0.15, 0.2) is 30.3 Å². The molecule has 1 aliphatic rings. The molecule has 3 atom stereocenters. The maximum atomic E-state index is 13.2. The number of methoxy groups -OCH3 is 1. The molecule has 1 saturated carbocycles. The summed E-state index contributed by atoms with van der Waals surface area (Å²) in [6.07, 6.45) is -6.47. The molecule has 1 unspecified atom stereocenters. The van der Waals surface area contributed by atoms with E-state index in [4.69, 9.17) is 4.74 Å². The Hall–Kier alpha value is -1.69. The first-order valence-corrected chi connectivity index (χ1v) is 6.55. The molecule has 0 amide bonds. The van der Waals surface area contributed by atoms with Crippen molar-refractivity contribution < 1.29 is 27.5 Å². The van der Waals surface area contributed by atoms with Crippen LogP contribution < -0.4 is 0 Å². The lowest BCUT2D eigenvalue weighted by Crippen LogP contribution is -2.48. The molecule has 1 aliphatic carbocycles. The fraction of sp³-hybridized carbons (Fsp3) is 0.467. The second-order valence-corrected chi connectivity index (χ2v) is 5.13. The molecule has 0 bridgehead atoms. The maximum Gasteiger partial charge on any atom is 0.393 e. The topological polar surface area (TPSA) is 43.4 Å². The highest BCUT2D eigenvalue weighted by atomic mass is 19.4.